The lowest BCUT2D eigenvalue weighted by atomic mass is 10.2. The van der Waals surface area contributed by atoms with Crippen LogP contribution < -0.4 is 20.1 Å². The highest BCUT2D eigenvalue weighted by molar-refractivity contribution is 7.11. The third kappa shape index (κ3) is 4.27. The van der Waals surface area contributed by atoms with E-state index in [0.29, 0.717) is 60.3 Å². The van der Waals surface area contributed by atoms with Crippen LogP contribution in [0.15, 0.2) is 29.7 Å². The second-order valence-electron chi connectivity index (χ2n) is 7.25. The van der Waals surface area contributed by atoms with E-state index >= 15 is 0 Å². The van der Waals surface area contributed by atoms with Crippen LogP contribution in [0.3, 0.4) is 0 Å². The summed E-state index contributed by atoms with van der Waals surface area (Å²) in [7, 11) is 3.16. The molecule has 2 aromatic heterocycles. The first-order valence-electron chi connectivity index (χ1n) is 9.95. The van der Waals surface area contributed by atoms with Crippen LogP contribution in [0, 0.1) is 6.92 Å². The number of nitrogen functional groups attached to an aromatic ring is 1. The lowest BCUT2D eigenvalue weighted by molar-refractivity contribution is -0.126. The van der Waals surface area contributed by atoms with Gasteiger partial charge in [-0.05, 0) is 36.1 Å². The zero-order valence-corrected chi connectivity index (χ0v) is 18.6. The minimum absolute atomic E-state index is 0.0169. The van der Waals surface area contributed by atoms with Crippen LogP contribution in [0.25, 0.3) is 17.0 Å². The normalized spacial score (nSPS) is 14.4. The first-order valence-corrected chi connectivity index (χ1v) is 10.8. The highest BCUT2D eigenvalue weighted by Gasteiger charge is 2.22. The third-order valence-electron chi connectivity index (χ3n) is 5.37. The topological polar surface area (TPSA) is 93.8 Å². The first-order chi connectivity index (χ1) is 15.0. The third-order valence-corrected chi connectivity index (χ3v) is 6.36. The monoisotopic (exact) mass is 439 g/mol. The van der Waals surface area contributed by atoms with Crippen LogP contribution in [-0.4, -0.2) is 61.2 Å². The van der Waals surface area contributed by atoms with Crippen molar-refractivity contribution in [1.82, 2.24) is 14.9 Å². The number of carbonyl (C=O) groups excluding carboxylic acids is 1. The average Bonchev–Trinajstić information content (AvgIpc) is 3.21. The van der Waals surface area contributed by atoms with Crippen LogP contribution in [0.4, 0.5) is 11.8 Å². The molecule has 1 aromatic carbocycles. The summed E-state index contributed by atoms with van der Waals surface area (Å²) < 4.78 is 10.7. The zero-order valence-electron chi connectivity index (χ0n) is 17.8. The molecular weight excluding hydrogens is 414 g/mol. The Labute approximate surface area is 184 Å². The minimum Gasteiger partial charge on any atom is -0.493 e. The number of anilines is 2. The fourth-order valence-electron chi connectivity index (χ4n) is 3.54. The van der Waals surface area contributed by atoms with Crippen molar-refractivity contribution in [3.05, 3.63) is 40.1 Å². The predicted octanol–water partition coefficient (Wildman–Crippen LogP) is 2.96. The summed E-state index contributed by atoms with van der Waals surface area (Å²) in [5.41, 5.74) is 8.07. The van der Waals surface area contributed by atoms with Gasteiger partial charge in [0, 0.05) is 48.6 Å². The maximum atomic E-state index is 12.6. The molecule has 0 atom stereocenters. The lowest BCUT2D eigenvalue weighted by Gasteiger charge is -2.34. The summed E-state index contributed by atoms with van der Waals surface area (Å²) >= 11 is 1.63. The largest absolute Gasteiger partial charge is 0.493 e. The SMILES string of the molecule is COc1cc2nc(N3CCN(C(=O)C=Cc4sccc4C)CC3)nc(N)c2cc1OC. The van der Waals surface area contributed by atoms with Gasteiger partial charge in [0.05, 0.1) is 19.7 Å². The van der Waals surface area contributed by atoms with Gasteiger partial charge in [-0.3, -0.25) is 4.79 Å². The molecule has 0 unspecified atom stereocenters. The number of ether oxygens (including phenoxy) is 2. The Morgan fingerprint density at radius 1 is 1.13 bits per heavy atom. The van der Waals surface area contributed by atoms with Gasteiger partial charge in [-0.15, -0.1) is 11.3 Å². The lowest BCUT2D eigenvalue weighted by Crippen LogP contribution is -2.48. The number of amides is 1. The quantitative estimate of drug-likeness (QED) is 0.611. The number of benzene rings is 1. The van der Waals surface area contributed by atoms with Crippen molar-refractivity contribution in [2.75, 3.05) is 51.0 Å². The van der Waals surface area contributed by atoms with Gasteiger partial charge in [0.25, 0.3) is 0 Å². The predicted molar refractivity (Wildman–Crippen MR) is 124 cm³/mol. The molecule has 4 rings (SSSR count). The minimum atomic E-state index is 0.0169. The molecule has 31 heavy (non-hydrogen) atoms. The van der Waals surface area contributed by atoms with Crippen molar-refractivity contribution in [1.29, 1.82) is 0 Å². The summed E-state index contributed by atoms with van der Waals surface area (Å²) in [6.07, 6.45) is 3.54. The number of nitrogens with zero attached hydrogens (tertiary/aromatic N) is 4. The highest BCUT2D eigenvalue weighted by Crippen LogP contribution is 2.34. The summed E-state index contributed by atoms with van der Waals surface area (Å²) in [6, 6.07) is 5.63. The molecule has 1 fully saturated rings. The molecule has 1 aliphatic heterocycles. The molecule has 162 valence electrons. The van der Waals surface area contributed by atoms with E-state index < -0.39 is 0 Å². The number of hydrogen-bond acceptors (Lipinski definition) is 8. The number of fused-ring (bicyclic) bond motifs is 1. The highest BCUT2D eigenvalue weighted by atomic mass is 32.1. The number of aryl methyl sites for hydroxylation is 1. The van der Waals surface area contributed by atoms with Crippen LogP contribution >= 0.6 is 11.3 Å². The van der Waals surface area contributed by atoms with Crippen molar-refractivity contribution in [2.24, 2.45) is 0 Å². The Bertz CT molecular complexity index is 1140. The van der Waals surface area contributed by atoms with Crippen molar-refractivity contribution < 1.29 is 14.3 Å². The molecule has 9 heteroatoms. The van der Waals surface area contributed by atoms with E-state index in [4.69, 9.17) is 15.2 Å². The molecular formula is C22H25N5O3S. The average molecular weight is 440 g/mol. The fourth-order valence-corrected chi connectivity index (χ4v) is 4.36. The van der Waals surface area contributed by atoms with E-state index in [-0.39, 0.29) is 5.91 Å². The number of methoxy groups -OCH3 is 2. The zero-order chi connectivity index (χ0) is 22.0. The molecule has 1 amide bonds. The molecule has 8 nitrogen and oxygen atoms in total. The van der Waals surface area contributed by atoms with Crippen molar-refractivity contribution in [3.8, 4) is 11.5 Å². The smallest absolute Gasteiger partial charge is 0.246 e. The molecule has 0 radical (unpaired) electrons. The van der Waals surface area contributed by atoms with Crippen molar-refractivity contribution in [2.45, 2.75) is 6.92 Å². The van der Waals surface area contributed by atoms with Crippen LogP contribution in [0.5, 0.6) is 11.5 Å². The molecule has 3 heterocycles. The van der Waals surface area contributed by atoms with Gasteiger partial charge in [0.1, 0.15) is 5.82 Å². The summed E-state index contributed by atoms with van der Waals surface area (Å²) in [4.78, 5) is 26.7. The molecule has 1 aliphatic rings. The van der Waals surface area contributed by atoms with Crippen molar-refractivity contribution in [3.63, 3.8) is 0 Å². The van der Waals surface area contributed by atoms with E-state index in [1.807, 2.05) is 28.2 Å². The van der Waals surface area contributed by atoms with Crippen LogP contribution in [0.2, 0.25) is 0 Å². The van der Waals surface area contributed by atoms with Gasteiger partial charge < -0.3 is 25.0 Å². The Hall–Kier alpha value is -3.33. The number of thiophene rings is 1. The summed E-state index contributed by atoms with van der Waals surface area (Å²) in [5.74, 6) is 2.12. The van der Waals surface area contributed by atoms with Crippen LogP contribution in [0.1, 0.15) is 10.4 Å². The molecule has 0 spiro atoms. The first kappa shape index (κ1) is 20.9. The van der Waals surface area contributed by atoms with Gasteiger partial charge in [-0.1, -0.05) is 0 Å². The number of rotatable bonds is 5. The second kappa shape index (κ2) is 8.81. The number of nitrogens with two attached hydrogens (primary N) is 1. The van der Waals surface area contributed by atoms with E-state index in [1.165, 1.54) is 5.56 Å². The molecule has 3 aromatic rings. The number of piperazine rings is 1. The number of hydrogen-bond donors (Lipinski definition) is 1. The van der Waals surface area contributed by atoms with Gasteiger partial charge in [-0.25, -0.2) is 4.98 Å². The second-order valence-corrected chi connectivity index (χ2v) is 8.19. The van der Waals surface area contributed by atoms with Gasteiger partial charge in [0.2, 0.25) is 11.9 Å². The van der Waals surface area contributed by atoms with Crippen molar-refractivity contribution >= 4 is 46.0 Å². The number of carbonyl (C=O) groups is 1. The molecule has 2 N–H and O–H groups in total. The maximum Gasteiger partial charge on any atom is 0.246 e. The van der Waals surface area contributed by atoms with Gasteiger partial charge in [0.15, 0.2) is 11.5 Å². The maximum absolute atomic E-state index is 12.6. The molecule has 0 bridgehead atoms. The van der Waals surface area contributed by atoms with Crippen LogP contribution in [-0.2, 0) is 4.79 Å². The van der Waals surface area contributed by atoms with Gasteiger partial charge >= 0.3 is 0 Å². The Balaban J connectivity index is 1.47. The Morgan fingerprint density at radius 2 is 1.84 bits per heavy atom. The van der Waals surface area contributed by atoms with Gasteiger partial charge in [-0.2, -0.15) is 4.98 Å². The van der Waals surface area contributed by atoms with E-state index in [2.05, 4.69) is 16.0 Å². The molecule has 0 saturated carbocycles. The Morgan fingerprint density at radius 3 is 2.48 bits per heavy atom. The molecule has 1 saturated heterocycles. The van der Waals surface area contributed by atoms with E-state index in [1.54, 1.807) is 43.8 Å². The van der Waals surface area contributed by atoms with E-state index in [9.17, 15) is 4.79 Å². The Kier molecular flexibility index (Phi) is 5.94. The summed E-state index contributed by atoms with van der Waals surface area (Å²) in [5, 5.41) is 2.74. The fraction of sp³-hybridized carbons (Fsp3) is 0.318. The van der Waals surface area contributed by atoms with E-state index in [0.717, 1.165) is 4.88 Å². The molecule has 0 aliphatic carbocycles. The summed E-state index contributed by atoms with van der Waals surface area (Å²) in [6.45, 7) is 4.51. The number of aromatic nitrogens is 2. The standard InChI is InChI=1S/C22H25N5O3S/c1-14-6-11-31-19(14)4-5-20(28)26-7-9-27(10-8-26)22-24-16-13-18(30-3)17(29-2)12-15(16)21(23)25-22/h4-6,11-13H,7-10H2,1-3H3,(H2,23,24,25).